The number of β-amino-alcohol motifs (C(OH)–C–C–N with tert-alkyl or cyclic N) is 1. The summed E-state index contributed by atoms with van der Waals surface area (Å²) < 4.78 is 0. The minimum absolute atomic E-state index is 0.160. The molecule has 0 saturated carbocycles. The highest BCUT2D eigenvalue weighted by atomic mass is 16.3. The van der Waals surface area contributed by atoms with Gasteiger partial charge in [0, 0.05) is 30.2 Å². The zero-order chi connectivity index (χ0) is 17.1. The van der Waals surface area contributed by atoms with Crippen molar-refractivity contribution < 1.29 is 5.11 Å². The van der Waals surface area contributed by atoms with Crippen LogP contribution in [-0.2, 0) is 0 Å². The van der Waals surface area contributed by atoms with Crippen LogP contribution in [0, 0.1) is 0 Å². The Labute approximate surface area is 142 Å². The van der Waals surface area contributed by atoms with E-state index in [4.69, 9.17) is 0 Å². The maximum absolute atomic E-state index is 10.6. The van der Waals surface area contributed by atoms with Crippen molar-refractivity contribution in [3.63, 3.8) is 0 Å². The van der Waals surface area contributed by atoms with E-state index in [2.05, 4.69) is 69.1 Å². The molecule has 0 aromatic heterocycles. The Morgan fingerprint density at radius 1 is 1.09 bits per heavy atom. The molecule has 2 atom stereocenters. The topological polar surface area (TPSA) is 35.5 Å². The number of hydrogen-bond acceptors (Lipinski definition) is 3. The molecule has 1 aliphatic rings. The lowest BCUT2D eigenvalue weighted by Crippen LogP contribution is -2.61. The Kier molecular flexibility index (Phi) is 5.88. The van der Waals surface area contributed by atoms with Crippen LogP contribution in [0.2, 0.25) is 0 Å². The highest BCUT2D eigenvalue weighted by molar-refractivity contribution is 5.18. The number of benzene rings is 1. The molecule has 23 heavy (non-hydrogen) atoms. The van der Waals surface area contributed by atoms with E-state index < -0.39 is 0 Å². The zero-order valence-electron chi connectivity index (χ0n) is 15.5. The standard InChI is InChI=1S/C20H34N2O/c1-16(17-10-7-6-8-11-17)21-14-18(23)15-22-19(2,3)12-9-13-20(22,4)5/h6-8,10-11,16,18,21,23H,9,12-15H2,1-5H3. The van der Waals surface area contributed by atoms with Gasteiger partial charge in [0.1, 0.15) is 0 Å². The minimum atomic E-state index is -0.349. The van der Waals surface area contributed by atoms with E-state index in [1.165, 1.54) is 24.8 Å². The van der Waals surface area contributed by atoms with Gasteiger partial charge < -0.3 is 10.4 Å². The van der Waals surface area contributed by atoms with Gasteiger partial charge in [-0.3, -0.25) is 4.90 Å². The van der Waals surface area contributed by atoms with Gasteiger partial charge in [-0.2, -0.15) is 0 Å². The van der Waals surface area contributed by atoms with Gasteiger partial charge in [-0.15, -0.1) is 0 Å². The second-order valence-electron chi connectivity index (χ2n) is 8.28. The summed E-state index contributed by atoms with van der Waals surface area (Å²) in [6.07, 6.45) is 3.34. The summed E-state index contributed by atoms with van der Waals surface area (Å²) in [5.41, 5.74) is 1.58. The third-order valence-electron chi connectivity index (χ3n) is 5.39. The van der Waals surface area contributed by atoms with Crippen molar-refractivity contribution in [2.75, 3.05) is 13.1 Å². The number of aliphatic hydroxyl groups excluding tert-OH is 1. The van der Waals surface area contributed by atoms with Gasteiger partial charge in [-0.05, 0) is 59.4 Å². The van der Waals surface area contributed by atoms with Crippen LogP contribution in [0.3, 0.4) is 0 Å². The first kappa shape index (κ1) is 18.4. The molecule has 1 aromatic carbocycles. The molecule has 1 fully saturated rings. The van der Waals surface area contributed by atoms with Crippen molar-refractivity contribution in [3.8, 4) is 0 Å². The van der Waals surface area contributed by atoms with E-state index in [0.29, 0.717) is 6.54 Å². The summed E-state index contributed by atoms with van der Waals surface area (Å²) in [5, 5.41) is 14.0. The molecule has 2 unspecified atom stereocenters. The molecule has 1 saturated heterocycles. The summed E-state index contributed by atoms with van der Waals surface area (Å²) >= 11 is 0. The lowest BCUT2D eigenvalue weighted by molar-refractivity contribution is -0.0537. The smallest absolute Gasteiger partial charge is 0.0791 e. The van der Waals surface area contributed by atoms with Gasteiger partial charge in [0.25, 0.3) is 0 Å². The Morgan fingerprint density at radius 3 is 2.22 bits per heavy atom. The SMILES string of the molecule is CC(NCC(O)CN1C(C)(C)CCCC1(C)C)c1ccccc1. The number of likely N-dealkylation sites (tertiary alicyclic amines) is 1. The molecular weight excluding hydrogens is 284 g/mol. The Bertz CT molecular complexity index is 468. The average Bonchev–Trinajstić information content (AvgIpc) is 2.49. The number of aliphatic hydroxyl groups is 1. The first-order valence-corrected chi connectivity index (χ1v) is 8.96. The van der Waals surface area contributed by atoms with E-state index in [-0.39, 0.29) is 23.2 Å². The highest BCUT2D eigenvalue weighted by Crippen LogP contribution is 2.38. The van der Waals surface area contributed by atoms with Crippen molar-refractivity contribution in [3.05, 3.63) is 35.9 Å². The van der Waals surface area contributed by atoms with Gasteiger partial charge in [0.05, 0.1) is 6.10 Å². The molecule has 3 nitrogen and oxygen atoms in total. The number of nitrogens with zero attached hydrogens (tertiary/aromatic N) is 1. The molecule has 1 heterocycles. The molecule has 0 spiro atoms. The van der Waals surface area contributed by atoms with Crippen LogP contribution in [-0.4, -0.2) is 40.3 Å². The maximum atomic E-state index is 10.6. The van der Waals surface area contributed by atoms with Crippen molar-refractivity contribution >= 4 is 0 Å². The van der Waals surface area contributed by atoms with E-state index in [1.54, 1.807) is 0 Å². The lowest BCUT2D eigenvalue weighted by Gasteiger charge is -2.53. The molecule has 0 bridgehead atoms. The normalized spacial score (nSPS) is 23.4. The molecular formula is C20H34N2O. The number of piperidine rings is 1. The second-order valence-corrected chi connectivity index (χ2v) is 8.28. The number of rotatable bonds is 6. The van der Waals surface area contributed by atoms with Gasteiger partial charge in [-0.1, -0.05) is 30.3 Å². The van der Waals surface area contributed by atoms with Crippen molar-refractivity contribution in [2.24, 2.45) is 0 Å². The molecule has 0 radical (unpaired) electrons. The van der Waals surface area contributed by atoms with Crippen LogP contribution in [0.4, 0.5) is 0 Å². The summed E-state index contributed by atoms with van der Waals surface area (Å²) in [5.74, 6) is 0. The predicted octanol–water partition coefficient (Wildman–Crippen LogP) is 3.74. The van der Waals surface area contributed by atoms with Gasteiger partial charge in [0.2, 0.25) is 0 Å². The fourth-order valence-electron chi connectivity index (χ4n) is 3.98. The monoisotopic (exact) mass is 318 g/mol. The van der Waals surface area contributed by atoms with E-state index in [1.807, 2.05) is 6.07 Å². The minimum Gasteiger partial charge on any atom is -0.390 e. The van der Waals surface area contributed by atoms with Crippen molar-refractivity contribution in [2.45, 2.75) is 77.1 Å². The van der Waals surface area contributed by atoms with Crippen LogP contribution in [0.15, 0.2) is 30.3 Å². The molecule has 2 rings (SSSR count). The quantitative estimate of drug-likeness (QED) is 0.839. The third-order valence-corrected chi connectivity index (χ3v) is 5.39. The van der Waals surface area contributed by atoms with Crippen LogP contribution in [0.25, 0.3) is 0 Å². The fourth-order valence-corrected chi connectivity index (χ4v) is 3.98. The lowest BCUT2D eigenvalue weighted by atomic mass is 9.79. The molecule has 2 N–H and O–H groups in total. The van der Waals surface area contributed by atoms with Crippen molar-refractivity contribution in [1.82, 2.24) is 10.2 Å². The van der Waals surface area contributed by atoms with Crippen LogP contribution >= 0.6 is 0 Å². The molecule has 0 aliphatic carbocycles. The Balaban J connectivity index is 1.89. The van der Waals surface area contributed by atoms with Gasteiger partial charge >= 0.3 is 0 Å². The van der Waals surface area contributed by atoms with Crippen molar-refractivity contribution in [1.29, 1.82) is 0 Å². The zero-order valence-corrected chi connectivity index (χ0v) is 15.5. The second kappa shape index (κ2) is 7.33. The summed E-state index contributed by atoms with van der Waals surface area (Å²) in [7, 11) is 0. The Hall–Kier alpha value is -0.900. The molecule has 0 amide bonds. The van der Waals surface area contributed by atoms with Gasteiger partial charge in [0.15, 0.2) is 0 Å². The molecule has 3 heteroatoms. The fraction of sp³-hybridized carbons (Fsp3) is 0.700. The summed E-state index contributed by atoms with van der Waals surface area (Å²) in [6.45, 7) is 12.7. The molecule has 130 valence electrons. The largest absolute Gasteiger partial charge is 0.390 e. The first-order chi connectivity index (χ1) is 10.7. The summed E-state index contributed by atoms with van der Waals surface area (Å²) in [4.78, 5) is 2.50. The maximum Gasteiger partial charge on any atom is 0.0791 e. The number of hydrogen-bond donors (Lipinski definition) is 2. The highest BCUT2D eigenvalue weighted by Gasteiger charge is 2.41. The van der Waals surface area contributed by atoms with Crippen LogP contribution < -0.4 is 5.32 Å². The third kappa shape index (κ3) is 4.79. The summed E-state index contributed by atoms with van der Waals surface area (Å²) in [6, 6.07) is 10.7. The van der Waals surface area contributed by atoms with Crippen LogP contribution in [0.1, 0.15) is 65.5 Å². The average molecular weight is 319 g/mol. The molecule has 1 aliphatic heterocycles. The van der Waals surface area contributed by atoms with E-state index in [9.17, 15) is 5.11 Å². The number of nitrogens with one attached hydrogen (secondary N) is 1. The van der Waals surface area contributed by atoms with Crippen LogP contribution in [0.5, 0.6) is 0 Å². The Morgan fingerprint density at radius 2 is 1.65 bits per heavy atom. The van der Waals surface area contributed by atoms with E-state index >= 15 is 0 Å². The predicted molar refractivity (Wildman–Crippen MR) is 97.6 cm³/mol. The van der Waals surface area contributed by atoms with E-state index in [0.717, 1.165) is 6.54 Å². The molecule has 1 aromatic rings. The van der Waals surface area contributed by atoms with Gasteiger partial charge in [-0.25, -0.2) is 0 Å². The first-order valence-electron chi connectivity index (χ1n) is 8.96.